The van der Waals surface area contributed by atoms with Crippen LogP contribution in [0.5, 0.6) is 0 Å². The minimum absolute atomic E-state index is 0.0948. The Morgan fingerprint density at radius 1 is 0.968 bits per heavy atom. The van der Waals surface area contributed by atoms with Crippen molar-refractivity contribution in [3.63, 3.8) is 0 Å². The van der Waals surface area contributed by atoms with E-state index in [4.69, 9.17) is 9.47 Å². The summed E-state index contributed by atoms with van der Waals surface area (Å²) in [6.07, 6.45) is -0.369. The van der Waals surface area contributed by atoms with Crippen LogP contribution in [0.3, 0.4) is 0 Å². The number of anilines is 1. The smallest absolute Gasteiger partial charge is 0.408 e. The van der Waals surface area contributed by atoms with Gasteiger partial charge in [-0.1, -0.05) is 55.5 Å². The highest BCUT2D eigenvalue weighted by atomic mass is 16.6. The Kier molecular flexibility index (Phi) is 8.61. The molecule has 0 aromatic heterocycles. The molecule has 31 heavy (non-hydrogen) atoms. The van der Waals surface area contributed by atoms with E-state index < -0.39 is 29.6 Å². The molecule has 0 aliphatic rings. The molecule has 166 valence electrons. The topological polar surface area (TPSA) is 84.9 Å². The molecule has 0 aliphatic carbocycles. The maximum Gasteiger partial charge on any atom is 0.408 e. The quantitative estimate of drug-likeness (QED) is 0.644. The number of amides is 2. The molecule has 2 rings (SSSR count). The molecule has 2 aromatic carbocycles. The highest BCUT2D eigenvalue weighted by Crippen LogP contribution is 2.17. The number of para-hydroxylation sites is 1. The number of hydrogen-bond donors (Lipinski definition) is 1. The number of alkyl carbamates (subject to hydrolysis) is 1. The molecule has 0 fully saturated rings. The summed E-state index contributed by atoms with van der Waals surface area (Å²) in [5, 5.41) is 2.60. The van der Waals surface area contributed by atoms with E-state index >= 15 is 0 Å². The third-order valence-corrected chi connectivity index (χ3v) is 4.25. The zero-order valence-electron chi connectivity index (χ0n) is 18.5. The lowest BCUT2D eigenvalue weighted by Gasteiger charge is -2.28. The van der Waals surface area contributed by atoms with Crippen molar-refractivity contribution in [2.24, 2.45) is 0 Å². The molecule has 0 saturated carbocycles. The molecule has 0 aliphatic heterocycles. The predicted molar refractivity (Wildman–Crippen MR) is 118 cm³/mol. The first kappa shape index (κ1) is 23.9. The van der Waals surface area contributed by atoms with Crippen LogP contribution in [0.25, 0.3) is 0 Å². The minimum Gasteiger partial charge on any atom is -0.459 e. The molecule has 0 spiro atoms. The van der Waals surface area contributed by atoms with E-state index in [2.05, 4.69) is 5.32 Å². The monoisotopic (exact) mass is 426 g/mol. The normalized spacial score (nSPS) is 11.9. The summed E-state index contributed by atoms with van der Waals surface area (Å²) in [5.41, 5.74) is 0.704. The molecule has 0 heterocycles. The third-order valence-electron chi connectivity index (χ3n) is 4.25. The summed E-state index contributed by atoms with van der Waals surface area (Å²) in [4.78, 5) is 39.2. The standard InChI is InChI=1S/C24H30N2O5/c1-5-20(25-23(29)30-17-18-12-8-6-9-13-18)22(28)26(19-14-10-7-11-15-19)16-21(27)31-24(2,3)4/h6-15,20H,5,16-17H2,1-4H3,(H,25,29)/t20-/m0/s1. The Bertz CT molecular complexity index is 863. The van der Waals surface area contributed by atoms with E-state index in [1.165, 1.54) is 4.90 Å². The molecule has 1 atom stereocenters. The van der Waals surface area contributed by atoms with Gasteiger partial charge in [-0.25, -0.2) is 4.79 Å². The van der Waals surface area contributed by atoms with Crippen LogP contribution < -0.4 is 10.2 Å². The Morgan fingerprint density at radius 2 is 1.55 bits per heavy atom. The summed E-state index contributed by atoms with van der Waals surface area (Å²) in [5.74, 6) is -0.956. The largest absolute Gasteiger partial charge is 0.459 e. The van der Waals surface area contributed by atoms with Gasteiger partial charge in [-0.2, -0.15) is 0 Å². The molecular weight excluding hydrogens is 396 g/mol. The van der Waals surface area contributed by atoms with E-state index in [0.717, 1.165) is 5.56 Å². The van der Waals surface area contributed by atoms with Gasteiger partial charge in [0.15, 0.2) is 0 Å². The molecule has 0 bridgehead atoms. The molecule has 0 unspecified atom stereocenters. The number of ether oxygens (including phenoxy) is 2. The highest BCUT2D eigenvalue weighted by Gasteiger charge is 2.29. The van der Waals surface area contributed by atoms with Gasteiger partial charge >= 0.3 is 12.1 Å². The van der Waals surface area contributed by atoms with Crippen molar-refractivity contribution in [1.29, 1.82) is 0 Å². The number of nitrogens with one attached hydrogen (secondary N) is 1. The molecular formula is C24H30N2O5. The van der Waals surface area contributed by atoms with Crippen LogP contribution in [0, 0.1) is 0 Å². The Labute approximate surface area is 183 Å². The van der Waals surface area contributed by atoms with E-state index in [1.54, 1.807) is 52.0 Å². The van der Waals surface area contributed by atoms with E-state index in [9.17, 15) is 14.4 Å². The number of benzene rings is 2. The number of nitrogens with zero attached hydrogens (tertiary/aromatic N) is 1. The third kappa shape index (κ3) is 8.12. The Balaban J connectivity index is 2.09. The number of rotatable bonds is 8. The number of carbonyl (C=O) groups excluding carboxylic acids is 3. The van der Waals surface area contributed by atoms with Crippen LogP contribution in [0.1, 0.15) is 39.7 Å². The molecule has 7 heteroatoms. The van der Waals surface area contributed by atoms with Crippen molar-refractivity contribution in [3.8, 4) is 0 Å². The SMILES string of the molecule is CC[C@H](NC(=O)OCc1ccccc1)C(=O)N(CC(=O)OC(C)(C)C)c1ccccc1. The Morgan fingerprint density at radius 3 is 2.10 bits per heavy atom. The van der Waals surface area contributed by atoms with Crippen molar-refractivity contribution < 1.29 is 23.9 Å². The van der Waals surface area contributed by atoms with E-state index in [0.29, 0.717) is 12.1 Å². The molecule has 2 amide bonds. The molecule has 1 N–H and O–H groups in total. The summed E-state index contributed by atoms with van der Waals surface area (Å²) < 4.78 is 10.6. The van der Waals surface area contributed by atoms with Gasteiger partial charge in [0.2, 0.25) is 5.91 Å². The summed E-state index contributed by atoms with van der Waals surface area (Å²) in [7, 11) is 0. The first-order valence-electron chi connectivity index (χ1n) is 10.2. The molecule has 0 saturated heterocycles. The van der Waals surface area contributed by atoms with Gasteiger partial charge in [0, 0.05) is 5.69 Å². The lowest BCUT2D eigenvalue weighted by molar-refractivity contribution is -0.153. The fourth-order valence-electron chi connectivity index (χ4n) is 2.84. The maximum absolute atomic E-state index is 13.2. The minimum atomic E-state index is -0.856. The second-order valence-corrected chi connectivity index (χ2v) is 8.01. The Hall–Kier alpha value is -3.35. The average molecular weight is 427 g/mol. The average Bonchev–Trinajstić information content (AvgIpc) is 2.74. The van der Waals surface area contributed by atoms with Crippen LogP contribution in [0.4, 0.5) is 10.5 Å². The highest BCUT2D eigenvalue weighted by molar-refractivity contribution is 6.01. The van der Waals surface area contributed by atoms with Crippen molar-refractivity contribution >= 4 is 23.7 Å². The van der Waals surface area contributed by atoms with Crippen molar-refractivity contribution in [2.75, 3.05) is 11.4 Å². The van der Waals surface area contributed by atoms with Crippen molar-refractivity contribution in [3.05, 3.63) is 66.2 Å². The fourth-order valence-corrected chi connectivity index (χ4v) is 2.84. The second-order valence-electron chi connectivity index (χ2n) is 8.01. The molecule has 0 radical (unpaired) electrons. The maximum atomic E-state index is 13.2. The summed E-state index contributed by atoms with van der Waals surface area (Å²) >= 11 is 0. The number of hydrogen-bond acceptors (Lipinski definition) is 5. The fraction of sp³-hybridized carbons (Fsp3) is 0.375. The first-order valence-corrected chi connectivity index (χ1v) is 10.2. The number of carbonyl (C=O) groups is 3. The molecule has 2 aromatic rings. The lowest BCUT2D eigenvalue weighted by atomic mass is 10.1. The van der Waals surface area contributed by atoms with Crippen LogP contribution in [-0.2, 0) is 25.7 Å². The van der Waals surface area contributed by atoms with Gasteiger partial charge in [-0.3, -0.25) is 14.5 Å². The predicted octanol–water partition coefficient (Wildman–Crippen LogP) is 4.07. The summed E-state index contributed by atoms with van der Waals surface area (Å²) in [6, 6.07) is 17.2. The zero-order chi connectivity index (χ0) is 22.9. The van der Waals surface area contributed by atoms with Gasteiger partial charge in [-0.15, -0.1) is 0 Å². The van der Waals surface area contributed by atoms with Gasteiger partial charge < -0.3 is 14.8 Å². The van der Waals surface area contributed by atoms with E-state index in [1.807, 2.05) is 36.4 Å². The summed E-state index contributed by atoms with van der Waals surface area (Å²) in [6.45, 7) is 6.89. The van der Waals surface area contributed by atoms with Crippen LogP contribution >= 0.6 is 0 Å². The van der Waals surface area contributed by atoms with Gasteiger partial charge in [-0.05, 0) is 44.9 Å². The lowest BCUT2D eigenvalue weighted by Crippen LogP contribution is -2.50. The zero-order valence-corrected chi connectivity index (χ0v) is 18.5. The van der Waals surface area contributed by atoms with Crippen LogP contribution in [0.2, 0.25) is 0 Å². The van der Waals surface area contributed by atoms with Gasteiger partial charge in [0.05, 0.1) is 0 Å². The van der Waals surface area contributed by atoms with Crippen LogP contribution in [-0.4, -0.2) is 36.2 Å². The van der Waals surface area contributed by atoms with Gasteiger partial charge in [0.1, 0.15) is 24.8 Å². The van der Waals surface area contributed by atoms with Crippen molar-refractivity contribution in [1.82, 2.24) is 5.32 Å². The van der Waals surface area contributed by atoms with E-state index in [-0.39, 0.29) is 13.2 Å². The first-order chi connectivity index (χ1) is 14.7. The van der Waals surface area contributed by atoms with Gasteiger partial charge in [0.25, 0.3) is 0 Å². The van der Waals surface area contributed by atoms with Crippen LogP contribution in [0.15, 0.2) is 60.7 Å². The second kappa shape index (κ2) is 11.2. The number of esters is 1. The van der Waals surface area contributed by atoms with Crippen molar-refractivity contribution in [2.45, 2.75) is 52.4 Å². The molecule has 7 nitrogen and oxygen atoms in total.